The first-order valence-electron chi connectivity index (χ1n) is 8.37. The molecule has 0 saturated heterocycles. The van der Waals surface area contributed by atoms with Crippen LogP contribution in [0, 0.1) is 0 Å². The molecule has 0 saturated carbocycles. The molecule has 5 nitrogen and oxygen atoms in total. The molecule has 26 heavy (non-hydrogen) atoms. The smallest absolute Gasteiger partial charge is 0.191 e. The summed E-state index contributed by atoms with van der Waals surface area (Å²) in [7, 11) is 1.92. The van der Waals surface area contributed by atoms with Crippen LogP contribution in [0.5, 0.6) is 0 Å². The van der Waals surface area contributed by atoms with Gasteiger partial charge in [0.2, 0.25) is 0 Å². The van der Waals surface area contributed by atoms with Crippen LogP contribution >= 0.6 is 11.8 Å². The first-order chi connectivity index (χ1) is 12.6. The zero-order valence-electron chi connectivity index (χ0n) is 14.5. The monoisotopic (exact) mass is 362 g/mol. The van der Waals surface area contributed by atoms with Gasteiger partial charge >= 0.3 is 0 Å². The van der Waals surface area contributed by atoms with Crippen molar-refractivity contribution in [2.75, 3.05) is 0 Å². The van der Waals surface area contributed by atoms with E-state index in [1.54, 1.807) is 6.20 Å². The first kappa shape index (κ1) is 16.6. The standard InChI is InChI=1S/C20H18N4OS/c1-13(18(25)16-12-21-17-11-7-6-10-15(16)17)26-20-23-22-19(24(20)2)14-8-4-3-5-9-14/h3-13,21H,1-2H3/t13-/m0/s1. The molecule has 0 bridgehead atoms. The second kappa shape index (κ2) is 6.80. The van der Waals surface area contributed by atoms with Crippen LogP contribution in [0.3, 0.4) is 0 Å². The Morgan fingerprint density at radius 3 is 2.62 bits per heavy atom. The maximum absolute atomic E-state index is 12.9. The van der Waals surface area contributed by atoms with Gasteiger partial charge in [0.1, 0.15) is 0 Å². The van der Waals surface area contributed by atoms with E-state index in [1.807, 2.05) is 73.1 Å². The van der Waals surface area contributed by atoms with Gasteiger partial charge < -0.3 is 9.55 Å². The van der Waals surface area contributed by atoms with Gasteiger partial charge in [0.05, 0.1) is 5.25 Å². The fourth-order valence-corrected chi connectivity index (χ4v) is 3.84. The quantitative estimate of drug-likeness (QED) is 0.424. The van der Waals surface area contributed by atoms with Crippen molar-refractivity contribution in [2.24, 2.45) is 7.05 Å². The predicted octanol–water partition coefficient (Wildman–Crippen LogP) is 4.33. The number of rotatable bonds is 5. The van der Waals surface area contributed by atoms with E-state index in [-0.39, 0.29) is 11.0 Å². The van der Waals surface area contributed by atoms with Crippen molar-refractivity contribution in [3.63, 3.8) is 0 Å². The third kappa shape index (κ3) is 2.93. The molecule has 0 aliphatic heterocycles. The lowest BCUT2D eigenvalue weighted by Gasteiger charge is -2.09. The van der Waals surface area contributed by atoms with E-state index in [0.29, 0.717) is 5.56 Å². The zero-order chi connectivity index (χ0) is 18.1. The Hall–Kier alpha value is -2.86. The lowest BCUT2D eigenvalue weighted by atomic mass is 10.1. The third-order valence-corrected chi connectivity index (χ3v) is 5.51. The second-order valence-corrected chi connectivity index (χ2v) is 7.41. The predicted molar refractivity (Wildman–Crippen MR) is 104 cm³/mol. The van der Waals surface area contributed by atoms with Gasteiger partial charge in [-0.1, -0.05) is 60.3 Å². The molecule has 130 valence electrons. The summed E-state index contributed by atoms with van der Waals surface area (Å²) in [5.74, 6) is 0.872. The molecule has 0 unspecified atom stereocenters. The van der Waals surface area contributed by atoms with E-state index < -0.39 is 0 Å². The number of carbonyl (C=O) groups is 1. The molecule has 1 N–H and O–H groups in total. The Kier molecular flexibility index (Phi) is 4.34. The SMILES string of the molecule is C[C@H](Sc1nnc(-c2ccccc2)n1C)C(=O)c1c[nH]c2ccccc12. The van der Waals surface area contributed by atoms with Crippen LogP contribution in [0.2, 0.25) is 0 Å². The molecular formula is C20H18N4OS. The van der Waals surface area contributed by atoms with Gasteiger partial charge in [-0.05, 0) is 13.0 Å². The van der Waals surface area contributed by atoms with Crippen molar-refractivity contribution in [3.05, 3.63) is 66.4 Å². The molecule has 1 atom stereocenters. The molecule has 0 radical (unpaired) electrons. The van der Waals surface area contributed by atoms with Crippen molar-refractivity contribution in [1.29, 1.82) is 0 Å². The molecule has 6 heteroatoms. The number of para-hydroxylation sites is 1. The molecular weight excluding hydrogens is 344 g/mol. The van der Waals surface area contributed by atoms with Gasteiger partial charge in [0, 0.05) is 35.3 Å². The largest absolute Gasteiger partial charge is 0.360 e. The summed E-state index contributed by atoms with van der Waals surface area (Å²) in [4.78, 5) is 16.1. The summed E-state index contributed by atoms with van der Waals surface area (Å²) in [6, 6.07) is 17.7. The summed E-state index contributed by atoms with van der Waals surface area (Å²) in [6.45, 7) is 1.91. The highest BCUT2D eigenvalue weighted by atomic mass is 32.2. The Bertz CT molecular complexity index is 1070. The zero-order valence-corrected chi connectivity index (χ0v) is 15.3. The van der Waals surface area contributed by atoms with Gasteiger partial charge in [0.25, 0.3) is 0 Å². The Morgan fingerprint density at radius 1 is 1.08 bits per heavy atom. The molecule has 4 rings (SSSR count). The van der Waals surface area contributed by atoms with Crippen LogP contribution < -0.4 is 0 Å². The number of ketones is 1. The summed E-state index contributed by atoms with van der Waals surface area (Å²) >= 11 is 1.43. The minimum atomic E-state index is -0.263. The average Bonchev–Trinajstić information content (AvgIpc) is 3.26. The second-order valence-electron chi connectivity index (χ2n) is 6.10. The van der Waals surface area contributed by atoms with Gasteiger partial charge in [-0.3, -0.25) is 4.79 Å². The average molecular weight is 362 g/mol. The summed E-state index contributed by atoms with van der Waals surface area (Å²) in [6.07, 6.45) is 1.79. The molecule has 0 aliphatic carbocycles. The molecule has 0 spiro atoms. The molecule has 4 aromatic rings. The molecule has 0 amide bonds. The number of thioether (sulfide) groups is 1. The number of nitrogens with one attached hydrogen (secondary N) is 1. The Labute approximate surface area is 155 Å². The van der Waals surface area contributed by atoms with E-state index in [1.165, 1.54) is 11.8 Å². The van der Waals surface area contributed by atoms with Gasteiger partial charge in [-0.25, -0.2) is 0 Å². The van der Waals surface area contributed by atoms with Crippen LogP contribution in [0.1, 0.15) is 17.3 Å². The number of benzene rings is 2. The van der Waals surface area contributed by atoms with E-state index in [9.17, 15) is 4.79 Å². The Balaban J connectivity index is 1.58. The number of nitrogens with zero attached hydrogens (tertiary/aromatic N) is 3. The summed E-state index contributed by atoms with van der Waals surface area (Å²) in [5.41, 5.74) is 2.69. The number of carbonyl (C=O) groups excluding carboxylic acids is 1. The number of Topliss-reactive ketones (excluding diaryl/α,β-unsaturated/α-hetero) is 1. The van der Waals surface area contributed by atoms with Crippen LogP contribution in [0.4, 0.5) is 0 Å². The molecule has 2 aromatic carbocycles. The molecule has 2 aromatic heterocycles. The van der Waals surface area contributed by atoms with Gasteiger partial charge in [-0.15, -0.1) is 10.2 Å². The minimum Gasteiger partial charge on any atom is -0.360 e. The molecule has 0 fully saturated rings. The van der Waals surface area contributed by atoms with Crippen molar-refractivity contribution in [2.45, 2.75) is 17.3 Å². The van der Waals surface area contributed by atoms with Crippen molar-refractivity contribution in [1.82, 2.24) is 19.7 Å². The van der Waals surface area contributed by atoms with Crippen LogP contribution in [0.15, 0.2) is 66.0 Å². The number of fused-ring (bicyclic) bond motifs is 1. The lowest BCUT2D eigenvalue weighted by Crippen LogP contribution is -2.14. The molecule has 2 heterocycles. The molecule has 0 aliphatic rings. The van der Waals surface area contributed by atoms with E-state index >= 15 is 0 Å². The highest BCUT2D eigenvalue weighted by Crippen LogP contribution is 2.29. The van der Waals surface area contributed by atoms with Crippen LogP contribution in [0.25, 0.3) is 22.3 Å². The highest BCUT2D eigenvalue weighted by molar-refractivity contribution is 8.00. The third-order valence-electron chi connectivity index (χ3n) is 4.37. The maximum Gasteiger partial charge on any atom is 0.191 e. The van der Waals surface area contributed by atoms with E-state index in [4.69, 9.17) is 0 Å². The van der Waals surface area contributed by atoms with Gasteiger partial charge in [0.15, 0.2) is 16.8 Å². The number of aromatic amines is 1. The number of H-pyrrole nitrogens is 1. The summed E-state index contributed by atoms with van der Waals surface area (Å²) in [5, 5.41) is 9.97. The van der Waals surface area contributed by atoms with Crippen LogP contribution in [-0.4, -0.2) is 30.8 Å². The number of aromatic nitrogens is 4. The van der Waals surface area contributed by atoms with E-state index in [2.05, 4.69) is 15.2 Å². The fourth-order valence-electron chi connectivity index (χ4n) is 2.96. The number of hydrogen-bond donors (Lipinski definition) is 1. The van der Waals surface area contributed by atoms with Crippen molar-refractivity contribution >= 4 is 28.4 Å². The minimum absolute atomic E-state index is 0.0803. The fraction of sp³-hybridized carbons (Fsp3) is 0.150. The topological polar surface area (TPSA) is 63.6 Å². The Morgan fingerprint density at radius 2 is 1.81 bits per heavy atom. The first-order valence-corrected chi connectivity index (χ1v) is 9.25. The maximum atomic E-state index is 12.9. The normalized spacial score (nSPS) is 12.4. The van der Waals surface area contributed by atoms with E-state index in [0.717, 1.165) is 27.4 Å². The highest BCUT2D eigenvalue weighted by Gasteiger charge is 2.22. The van der Waals surface area contributed by atoms with Crippen LogP contribution in [-0.2, 0) is 7.05 Å². The number of hydrogen-bond acceptors (Lipinski definition) is 4. The van der Waals surface area contributed by atoms with Crippen molar-refractivity contribution in [3.8, 4) is 11.4 Å². The lowest BCUT2D eigenvalue weighted by molar-refractivity contribution is 0.0995. The van der Waals surface area contributed by atoms with Crippen molar-refractivity contribution < 1.29 is 4.79 Å². The van der Waals surface area contributed by atoms with Gasteiger partial charge in [-0.2, -0.15) is 0 Å². The summed E-state index contributed by atoms with van der Waals surface area (Å²) < 4.78 is 1.93.